The third kappa shape index (κ3) is 5.64. The summed E-state index contributed by atoms with van der Waals surface area (Å²) in [5, 5.41) is 7.81. The van der Waals surface area contributed by atoms with Crippen LogP contribution in [0, 0.1) is 6.92 Å². The maximum absolute atomic E-state index is 13.7. The van der Waals surface area contributed by atoms with Crippen LogP contribution in [-0.4, -0.2) is 59.4 Å². The Morgan fingerprint density at radius 1 is 1.10 bits per heavy atom. The third-order valence-corrected chi connectivity index (χ3v) is 8.01. The van der Waals surface area contributed by atoms with E-state index in [1.54, 1.807) is 0 Å². The Morgan fingerprint density at radius 2 is 1.85 bits per heavy atom. The fourth-order valence-corrected chi connectivity index (χ4v) is 6.04. The molecule has 3 aromatic rings. The maximum atomic E-state index is 13.7. The van der Waals surface area contributed by atoms with Gasteiger partial charge in [-0.15, -0.1) is 0 Å². The molecule has 0 radical (unpaired) electrons. The minimum Gasteiger partial charge on any atom is -0.354 e. The van der Waals surface area contributed by atoms with E-state index in [2.05, 4.69) is 98.0 Å². The van der Waals surface area contributed by atoms with Crippen molar-refractivity contribution >= 4 is 28.3 Å². The molecule has 2 aromatic heterocycles. The van der Waals surface area contributed by atoms with Crippen LogP contribution in [-0.2, 0) is 0 Å². The first-order valence-electron chi connectivity index (χ1n) is 14.2. The zero-order valence-corrected chi connectivity index (χ0v) is 24.4. The van der Waals surface area contributed by atoms with Crippen LogP contribution in [0.4, 0.5) is 5.82 Å². The Hall–Kier alpha value is -3.45. The van der Waals surface area contributed by atoms with Crippen LogP contribution in [0.1, 0.15) is 69.9 Å². The van der Waals surface area contributed by atoms with E-state index < -0.39 is 0 Å². The number of benzene rings is 1. The molecule has 0 spiro atoms. The SMILES string of the molecule is CC1=NCC(CNC(=O)c2cc(-c3ccc(N4CC(C)NC(C)C4)nc3)cc3c2c(C)cn3C(C)C)=C(C)C1. The quantitative estimate of drug-likeness (QED) is 0.405. The van der Waals surface area contributed by atoms with E-state index in [1.807, 2.05) is 12.3 Å². The molecule has 5 rings (SSSR count). The van der Waals surface area contributed by atoms with Crippen LogP contribution in [0.15, 0.2) is 52.8 Å². The van der Waals surface area contributed by atoms with Gasteiger partial charge in [0.25, 0.3) is 5.91 Å². The number of hydrogen-bond donors (Lipinski definition) is 2. The highest BCUT2D eigenvalue weighted by Crippen LogP contribution is 2.33. The highest BCUT2D eigenvalue weighted by Gasteiger charge is 2.23. The molecule has 1 aromatic carbocycles. The predicted octanol–water partition coefficient (Wildman–Crippen LogP) is 5.69. The van der Waals surface area contributed by atoms with Crippen molar-refractivity contribution in [1.29, 1.82) is 0 Å². The summed E-state index contributed by atoms with van der Waals surface area (Å²) in [7, 11) is 0. The van der Waals surface area contributed by atoms with Crippen molar-refractivity contribution in [2.24, 2.45) is 4.99 Å². The van der Waals surface area contributed by atoms with Gasteiger partial charge in [-0.05, 0) is 89.4 Å². The first kappa shape index (κ1) is 27.1. The van der Waals surface area contributed by atoms with Gasteiger partial charge in [0.1, 0.15) is 5.82 Å². The van der Waals surface area contributed by atoms with E-state index in [0.717, 1.165) is 58.6 Å². The topological polar surface area (TPSA) is 74.6 Å². The lowest BCUT2D eigenvalue weighted by atomic mass is 9.98. The fourth-order valence-electron chi connectivity index (χ4n) is 6.04. The average Bonchev–Trinajstić information content (AvgIpc) is 3.23. The fraction of sp³-hybridized carbons (Fsp3) is 0.469. The lowest BCUT2D eigenvalue weighted by Gasteiger charge is -2.36. The number of aliphatic imine (C=N–C) groups is 1. The van der Waals surface area contributed by atoms with Gasteiger partial charge in [-0.2, -0.15) is 0 Å². The molecule has 7 heteroatoms. The number of hydrogen-bond acceptors (Lipinski definition) is 5. The molecule has 0 aliphatic carbocycles. The van der Waals surface area contributed by atoms with Crippen LogP contribution in [0.25, 0.3) is 22.0 Å². The van der Waals surface area contributed by atoms with E-state index in [-0.39, 0.29) is 11.9 Å². The number of dihydropyridines is 1. The number of pyridine rings is 1. The molecule has 2 aliphatic rings. The monoisotopic (exact) mass is 526 g/mol. The first-order valence-corrected chi connectivity index (χ1v) is 14.2. The van der Waals surface area contributed by atoms with Crippen molar-refractivity contribution in [1.82, 2.24) is 20.2 Å². The van der Waals surface area contributed by atoms with Crippen molar-refractivity contribution in [3.05, 3.63) is 58.9 Å². The Kier molecular flexibility index (Phi) is 7.63. The Balaban J connectivity index is 1.48. The molecule has 2 atom stereocenters. The van der Waals surface area contributed by atoms with Crippen molar-refractivity contribution in [2.75, 3.05) is 31.1 Å². The van der Waals surface area contributed by atoms with E-state index in [9.17, 15) is 4.79 Å². The van der Waals surface area contributed by atoms with Gasteiger partial charge in [-0.3, -0.25) is 9.79 Å². The summed E-state index contributed by atoms with van der Waals surface area (Å²) in [6, 6.07) is 9.61. The van der Waals surface area contributed by atoms with Crippen LogP contribution < -0.4 is 15.5 Å². The zero-order valence-electron chi connectivity index (χ0n) is 24.4. The van der Waals surface area contributed by atoms with Crippen molar-refractivity contribution in [3.8, 4) is 11.1 Å². The number of anilines is 1. The predicted molar refractivity (Wildman–Crippen MR) is 162 cm³/mol. The van der Waals surface area contributed by atoms with Crippen LogP contribution >= 0.6 is 0 Å². The van der Waals surface area contributed by atoms with Gasteiger partial charge in [0, 0.05) is 84.3 Å². The minimum atomic E-state index is -0.0496. The highest BCUT2D eigenvalue weighted by atomic mass is 16.1. The average molecular weight is 527 g/mol. The number of rotatable bonds is 6. The summed E-state index contributed by atoms with van der Waals surface area (Å²) in [6.07, 6.45) is 4.99. The minimum absolute atomic E-state index is 0.0496. The summed E-state index contributed by atoms with van der Waals surface area (Å²) in [5.74, 6) is 0.944. The molecular weight excluding hydrogens is 484 g/mol. The van der Waals surface area contributed by atoms with E-state index in [0.29, 0.717) is 30.7 Å². The van der Waals surface area contributed by atoms with Gasteiger partial charge in [-0.1, -0.05) is 5.57 Å². The molecule has 7 nitrogen and oxygen atoms in total. The molecule has 4 heterocycles. The summed E-state index contributed by atoms with van der Waals surface area (Å²) in [4.78, 5) is 25.5. The van der Waals surface area contributed by atoms with Crippen molar-refractivity contribution < 1.29 is 4.79 Å². The Labute approximate surface area is 232 Å². The molecule has 1 amide bonds. The van der Waals surface area contributed by atoms with Gasteiger partial charge in [0.2, 0.25) is 0 Å². The number of carbonyl (C=O) groups excluding carboxylic acids is 1. The number of piperazine rings is 1. The normalized spacial score (nSPS) is 20.1. The van der Waals surface area contributed by atoms with Gasteiger partial charge >= 0.3 is 0 Å². The van der Waals surface area contributed by atoms with Crippen LogP contribution in [0.5, 0.6) is 0 Å². The first-order chi connectivity index (χ1) is 18.6. The molecule has 0 saturated carbocycles. The van der Waals surface area contributed by atoms with Crippen LogP contribution in [0.2, 0.25) is 0 Å². The molecule has 1 fully saturated rings. The second-order valence-electron chi connectivity index (χ2n) is 11.8. The van der Waals surface area contributed by atoms with Gasteiger partial charge < -0.3 is 20.1 Å². The molecule has 39 heavy (non-hydrogen) atoms. The van der Waals surface area contributed by atoms with Gasteiger partial charge in [-0.25, -0.2) is 4.98 Å². The second-order valence-corrected chi connectivity index (χ2v) is 11.8. The van der Waals surface area contributed by atoms with Gasteiger partial charge in [0.15, 0.2) is 0 Å². The van der Waals surface area contributed by atoms with E-state index >= 15 is 0 Å². The molecule has 206 valence electrons. The Morgan fingerprint density at radius 3 is 2.49 bits per heavy atom. The summed E-state index contributed by atoms with van der Waals surface area (Å²) in [5.41, 5.74) is 8.58. The number of allylic oxidation sites excluding steroid dienone is 1. The van der Waals surface area contributed by atoms with E-state index in [4.69, 9.17) is 4.98 Å². The van der Waals surface area contributed by atoms with Crippen LogP contribution in [0.3, 0.4) is 0 Å². The largest absolute Gasteiger partial charge is 0.354 e. The summed E-state index contributed by atoms with van der Waals surface area (Å²) >= 11 is 0. The standard InChI is InChI=1S/C32H42N6O/c1-19(2)38-16-21(4)31-28(32(39)35-15-27-14-33-22(5)10-20(27)3)11-26(12-29(31)38)25-8-9-30(34-13-25)37-17-23(6)36-24(7)18-37/h8-9,11-13,16,19,23-24,36H,10,14-15,17-18H2,1-7H3,(H,35,39). The van der Waals surface area contributed by atoms with E-state index in [1.165, 1.54) is 11.1 Å². The maximum Gasteiger partial charge on any atom is 0.252 e. The lowest BCUT2D eigenvalue weighted by Crippen LogP contribution is -2.54. The number of aryl methyl sites for hydroxylation is 1. The molecule has 2 N–H and O–H groups in total. The summed E-state index contributed by atoms with van der Waals surface area (Å²) in [6.45, 7) is 18.2. The molecule has 2 aliphatic heterocycles. The van der Waals surface area contributed by atoms with Gasteiger partial charge in [0.05, 0.1) is 6.54 Å². The molecular formula is C32H42N6O. The van der Waals surface area contributed by atoms with Crippen molar-refractivity contribution in [3.63, 3.8) is 0 Å². The Bertz CT molecular complexity index is 1440. The number of carbonyl (C=O) groups is 1. The second kappa shape index (κ2) is 11.0. The molecule has 0 bridgehead atoms. The molecule has 2 unspecified atom stereocenters. The highest BCUT2D eigenvalue weighted by molar-refractivity contribution is 6.09. The molecule has 1 saturated heterocycles. The smallest absolute Gasteiger partial charge is 0.252 e. The summed E-state index contributed by atoms with van der Waals surface area (Å²) < 4.78 is 2.27. The number of fused-ring (bicyclic) bond motifs is 1. The third-order valence-electron chi connectivity index (χ3n) is 8.01. The number of nitrogens with one attached hydrogen (secondary N) is 2. The van der Waals surface area contributed by atoms with Crippen molar-refractivity contribution in [2.45, 2.75) is 73.0 Å². The zero-order chi connectivity index (χ0) is 27.8. The lowest BCUT2D eigenvalue weighted by molar-refractivity contribution is 0.0958. The number of nitrogens with zero attached hydrogens (tertiary/aromatic N) is 4. The number of amides is 1. The number of aromatic nitrogens is 2.